The Morgan fingerprint density at radius 1 is 1.39 bits per heavy atom. The van der Waals surface area contributed by atoms with E-state index < -0.39 is 0 Å². The van der Waals surface area contributed by atoms with E-state index in [4.69, 9.17) is 4.74 Å². The van der Waals surface area contributed by atoms with Gasteiger partial charge >= 0.3 is 0 Å². The molecule has 2 aromatic rings. The first-order valence-electron chi connectivity index (χ1n) is 5.83. The minimum Gasteiger partial charge on any atom is -0.496 e. The zero-order valence-corrected chi connectivity index (χ0v) is 11.1. The van der Waals surface area contributed by atoms with Crippen LogP contribution in [0.1, 0.15) is 22.9 Å². The van der Waals surface area contributed by atoms with E-state index in [-0.39, 0.29) is 6.04 Å². The second kappa shape index (κ2) is 5.18. The molecule has 0 aliphatic carbocycles. The zero-order valence-electron chi connectivity index (χ0n) is 11.1. The van der Waals surface area contributed by atoms with Crippen LogP contribution in [0.3, 0.4) is 0 Å². The van der Waals surface area contributed by atoms with Crippen LogP contribution in [0.4, 0.5) is 0 Å². The molecule has 0 saturated carbocycles. The number of aromatic nitrogens is 3. The van der Waals surface area contributed by atoms with Gasteiger partial charge in [-0.3, -0.25) is 4.68 Å². The summed E-state index contributed by atoms with van der Waals surface area (Å²) in [6.45, 7) is 2.04. The van der Waals surface area contributed by atoms with Crippen LogP contribution in [0, 0.1) is 6.92 Å². The fourth-order valence-electron chi connectivity index (χ4n) is 2.13. The molecule has 0 amide bonds. The highest BCUT2D eigenvalue weighted by Gasteiger charge is 2.16. The van der Waals surface area contributed by atoms with Gasteiger partial charge in [0.1, 0.15) is 5.75 Å². The van der Waals surface area contributed by atoms with Crippen molar-refractivity contribution in [2.45, 2.75) is 13.0 Å². The molecule has 0 radical (unpaired) electrons. The molecule has 0 aliphatic heterocycles. The Balaban J connectivity index is 2.40. The van der Waals surface area contributed by atoms with Gasteiger partial charge in [-0.1, -0.05) is 17.3 Å². The normalized spacial score (nSPS) is 12.4. The zero-order chi connectivity index (χ0) is 13.1. The smallest absolute Gasteiger partial charge is 0.121 e. The van der Waals surface area contributed by atoms with Gasteiger partial charge in [-0.25, -0.2) is 0 Å². The number of nitrogens with zero attached hydrogens (tertiary/aromatic N) is 3. The molecule has 1 atom stereocenters. The number of hydrogen-bond donors (Lipinski definition) is 1. The van der Waals surface area contributed by atoms with E-state index in [0.29, 0.717) is 0 Å². The number of rotatable bonds is 4. The summed E-state index contributed by atoms with van der Waals surface area (Å²) < 4.78 is 7.06. The lowest BCUT2D eigenvalue weighted by atomic mass is 10.0. The Kier molecular flexibility index (Phi) is 3.62. The molecular formula is C13H18N4O. The van der Waals surface area contributed by atoms with Crippen molar-refractivity contribution in [3.63, 3.8) is 0 Å². The van der Waals surface area contributed by atoms with Crippen molar-refractivity contribution in [1.82, 2.24) is 20.3 Å². The highest BCUT2D eigenvalue weighted by molar-refractivity contribution is 5.39. The SMILES string of the molecule is CNC(c1ccc(OC)c(C)c1)c1cnnn1C. The summed E-state index contributed by atoms with van der Waals surface area (Å²) in [4.78, 5) is 0. The number of methoxy groups -OCH3 is 1. The fraction of sp³-hybridized carbons (Fsp3) is 0.385. The van der Waals surface area contributed by atoms with E-state index in [0.717, 1.165) is 17.0 Å². The van der Waals surface area contributed by atoms with Crippen molar-refractivity contribution in [2.24, 2.45) is 7.05 Å². The highest BCUT2D eigenvalue weighted by atomic mass is 16.5. The van der Waals surface area contributed by atoms with Crippen LogP contribution < -0.4 is 10.1 Å². The predicted octanol–water partition coefficient (Wildman–Crippen LogP) is 1.44. The van der Waals surface area contributed by atoms with Gasteiger partial charge in [-0.05, 0) is 31.2 Å². The maximum atomic E-state index is 5.28. The molecule has 0 fully saturated rings. The quantitative estimate of drug-likeness (QED) is 0.887. The Morgan fingerprint density at radius 2 is 2.17 bits per heavy atom. The lowest BCUT2D eigenvalue weighted by Crippen LogP contribution is -2.20. The minimum atomic E-state index is 0.0783. The van der Waals surface area contributed by atoms with Gasteiger partial charge in [0.15, 0.2) is 0 Å². The van der Waals surface area contributed by atoms with Crippen LogP contribution in [0.15, 0.2) is 24.4 Å². The van der Waals surface area contributed by atoms with E-state index in [1.165, 1.54) is 5.56 Å². The summed E-state index contributed by atoms with van der Waals surface area (Å²) in [5.74, 6) is 0.900. The molecule has 2 rings (SSSR count). The van der Waals surface area contributed by atoms with E-state index >= 15 is 0 Å². The highest BCUT2D eigenvalue weighted by Crippen LogP contribution is 2.25. The Hall–Kier alpha value is -1.88. The molecule has 1 heterocycles. The Labute approximate surface area is 107 Å². The monoisotopic (exact) mass is 246 g/mol. The molecule has 96 valence electrons. The molecule has 1 unspecified atom stereocenters. The third kappa shape index (κ3) is 2.22. The average Bonchev–Trinajstić information content (AvgIpc) is 2.77. The summed E-state index contributed by atoms with van der Waals surface area (Å²) in [7, 11) is 5.50. The second-order valence-corrected chi connectivity index (χ2v) is 4.23. The van der Waals surface area contributed by atoms with Crippen molar-refractivity contribution >= 4 is 0 Å². The molecule has 0 bridgehead atoms. The molecule has 1 N–H and O–H groups in total. The number of nitrogens with one attached hydrogen (secondary N) is 1. The van der Waals surface area contributed by atoms with Crippen LogP contribution in [-0.4, -0.2) is 29.2 Å². The number of ether oxygens (including phenoxy) is 1. The maximum Gasteiger partial charge on any atom is 0.121 e. The molecule has 5 heteroatoms. The molecule has 18 heavy (non-hydrogen) atoms. The summed E-state index contributed by atoms with van der Waals surface area (Å²) in [5, 5.41) is 11.2. The Bertz CT molecular complexity index is 536. The van der Waals surface area contributed by atoms with Crippen molar-refractivity contribution in [3.05, 3.63) is 41.2 Å². The van der Waals surface area contributed by atoms with Crippen molar-refractivity contribution in [2.75, 3.05) is 14.2 Å². The molecule has 5 nitrogen and oxygen atoms in total. The third-order valence-corrected chi connectivity index (χ3v) is 3.09. The standard InChI is InChI=1S/C13H18N4O/c1-9-7-10(5-6-12(9)18-4)13(14-2)11-8-15-16-17(11)3/h5-8,13-14H,1-4H3. The molecule has 0 spiro atoms. The van der Waals surface area contributed by atoms with E-state index in [9.17, 15) is 0 Å². The van der Waals surface area contributed by atoms with E-state index in [1.807, 2.05) is 27.1 Å². The Morgan fingerprint density at radius 3 is 2.67 bits per heavy atom. The largest absolute Gasteiger partial charge is 0.496 e. The lowest BCUT2D eigenvalue weighted by Gasteiger charge is -2.17. The van der Waals surface area contributed by atoms with Crippen LogP contribution >= 0.6 is 0 Å². The number of benzene rings is 1. The second-order valence-electron chi connectivity index (χ2n) is 4.23. The van der Waals surface area contributed by atoms with Crippen molar-refractivity contribution < 1.29 is 4.74 Å². The summed E-state index contributed by atoms with van der Waals surface area (Å²) >= 11 is 0. The van der Waals surface area contributed by atoms with Gasteiger partial charge in [0, 0.05) is 7.05 Å². The van der Waals surface area contributed by atoms with Crippen LogP contribution in [-0.2, 0) is 7.05 Å². The van der Waals surface area contributed by atoms with E-state index in [1.54, 1.807) is 18.0 Å². The summed E-state index contributed by atoms with van der Waals surface area (Å²) in [6.07, 6.45) is 1.78. The first-order chi connectivity index (χ1) is 8.67. The first kappa shape index (κ1) is 12.6. The van der Waals surface area contributed by atoms with Gasteiger partial charge in [-0.15, -0.1) is 5.10 Å². The molecule has 1 aromatic carbocycles. The topological polar surface area (TPSA) is 52.0 Å². The molecule has 0 saturated heterocycles. The van der Waals surface area contributed by atoms with Gasteiger partial charge in [0.05, 0.1) is 25.0 Å². The van der Waals surface area contributed by atoms with E-state index in [2.05, 4.69) is 27.8 Å². The third-order valence-electron chi connectivity index (χ3n) is 3.09. The molecule has 1 aromatic heterocycles. The van der Waals surface area contributed by atoms with Crippen molar-refractivity contribution in [1.29, 1.82) is 0 Å². The minimum absolute atomic E-state index is 0.0783. The van der Waals surface area contributed by atoms with Gasteiger partial charge < -0.3 is 10.1 Å². The molecular weight excluding hydrogens is 228 g/mol. The van der Waals surface area contributed by atoms with Gasteiger partial charge in [0.25, 0.3) is 0 Å². The maximum absolute atomic E-state index is 5.28. The van der Waals surface area contributed by atoms with Gasteiger partial charge in [0.2, 0.25) is 0 Å². The fourth-order valence-corrected chi connectivity index (χ4v) is 2.13. The lowest BCUT2D eigenvalue weighted by molar-refractivity contribution is 0.411. The predicted molar refractivity (Wildman–Crippen MR) is 69.6 cm³/mol. The average molecular weight is 246 g/mol. The van der Waals surface area contributed by atoms with Crippen LogP contribution in [0.2, 0.25) is 0 Å². The summed E-state index contributed by atoms with van der Waals surface area (Å²) in [6, 6.07) is 6.24. The summed E-state index contributed by atoms with van der Waals surface area (Å²) in [5.41, 5.74) is 3.31. The van der Waals surface area contributed by atoms with Crippen molar-refractivity contribution in [3.8, 4) is 5.75 Å². The van der Waals surface area contributed by atoms with Crippen LogP contribution in [0.5, 0.6) is 5.75 Å². The number of hydrogen-bond acceptors (Lipinski definition) is 4. The number of aryl methyl sites for hydroxylation is 2. The van der Waals surface area contributed by atoms with Gasteiger partial charge in [-0.2, -0.15) is 0 Å². The first-order valence-corrected chi connectivity index (χ1v) is 5.83. The van der Waals surface area contributed by atoms with Crippen LogP contribution in [0.25, 0.3) is 0 Å². The molecule has 0 aliphatic rings.